The van der Waals surface area contributed by atoms with Gasteiger partial charge in [-0.25, -0.2) is 0 Å². The summed E-state index contributed by atoms with van der Waals surface area (Å²) in [6, 6.07) is 7.21. The molecule has 0 aromatic heterocycles. The zero-order valence-corrected chi connectivity index (χ0v) is 11.3. The van der Waals surface area contributed by atoms with Gasteiger partial charge in [0.05, 0.1) is 6.42 Å². The van der Waals surface area contributed by atoms with Crippen LogP contribution in [0.4, 0.5) is 0 Å². The van der Waals surface area contributed by atoms with Gasteiger partial charge < -0.3 is 16.8 Å². The van der Waals surface area contributed by atoms with Gasteiger partial charge in [-0.2, -0.15) is 0 Å². The maximum atomic E-state index is 11.6. The molecule has 0 spiro atoms. The largest absolute Gasteiger partial charge is 0.389 e. The van der Waals surface area contributed by atoms with Gasteiger partial charge >= 0.3 is 0 Å². The number of primary amides is 1. The second kappa shape index (κ2) is 7.48. The lowest BCUT2D eigenvalue weighted by Crippen LogP contribution is -2.27. The van der Waals surface area contributed by atoms with Crippen molar-refractivity contribution in [2.75, 3.05) is 6.54 Å². The smallest absolute Gasteiger partial charge is 0.224 e. The number of hydrogen-bond donors (Lipinski definition) is 3. The number of thiocarbonyl (C=S) groups is 1. The van der Waals surface area contributed by atoms with Gasteiger partial charge in [-0.05, 0) is 12.0 Å². The number of hydrogen-bond acceptors (Lipinski definition) is 3. The van der Waals surface area contributed by atoms with E-state index in [2.05, 4.69) is 5.32 Å². The van der Waals surface area contributed by atoms with Crippen molar-refractivity contribution < 1.29 is 9.59 Å². The van der Waals surface area contributed by atoms with E-state index in [1.807, 2.05) is 12.1 Å². The normalized spacial score (nSPS) is 9.89. The van der Waals surface area contributed by atoms with Crippen LogP contribution >= 0.6 is 12.2 Å². The van der Waals surface area contributed by atoms with Gasteiger partial charge in [-0.3, -0.25) is 9.59 Å². The third-order valence-electron chi connectivity index (χ3n) is 2.53. The lowest BCUT2D eigenvalue weighted by atomic mass is 10.1. The van der Waals surface area contributed by atoms with E-state index in [1.165, 1.54) is 0 Å². The van der Waals surface area contributed by atoms with E-state index >= 15 is 0 Å². The Morgan fingerprint density at radius 3 is 2.32 bits per heavy atom. The molecule has 0 unspecified atom stereocenters. The van der Waals surface area contributed by atoms with Gasteiger partial charge in [0.15, 0.2) is 0 Å². The van der Waals surface area contributed by atoms with Crippen LogP contribution in [0.1, 0.15) is 24.0 Å². The van der Waals surface area contributed by atoms with E-state index in [4.69, 9.17) is 23.7 Å². The maximum Gasteiger partial charge on any atom is 0.224 e. The highest BCUT2D eigenvalue weighted by Gasteiger charge is 2.04. The number of carbonyl (C=O) groups excluding carboxylic acids is 2. The summed E-state index contributed by atoms with van der Waals surface area (Å²) in [5, 5.41) is 2.73. The van der Waals surface area contributed by atoms with Crippen LogP contribution in [0.2, 0.25) is 0 Å². The van der Waals surface area contributed by atoms with Crippen LogP contribution < -0.4 is 16.8 Å². The van der Waals surface area contributed by atoms with Gasteiger partial charge in [-0.15, -0.1) is 0 Å². The molecular formula is C13H17N3O2S. The van der Waals surface area contributed by atoms with Crippen molar-refractivity contribution in [3.05, 3.63) is 35.4 Å². The molecule has 5 N–H and O–H groups in total. The molecule has 0 saturated heterocycles. The Kier molecular flexibility index (Phi) is 5.95. The average Bonchev–Trinajstić information content (AvgIpc) is 2.35. The Hall–Kier alpha value is -1.95. The first-order chi connectivity index (χ1) is 8.99. The van der Waals surface area contributed by atoms with Crippen LogP contribution in [0.3, 0.4) is 0 Å². The first kappa shape index (κ1) is 15.1. The number of carbonyl (C=O) groups is 2. The summed E-state index contributed by atoms with van der Waals surface area (Å²) >= 11 is 4.85. The molecule has 0 radical (unpaired) electrons. The summed E-state index contributed by atoms with van der Waals surface area (Å²) in [5.74, 6) is -0.449. The number of rotatable bonds is 7. The topological polar surface area (TPSA) is 98.2 Å². The van der Waals surface area contributed by atoms with Crippen molar-refractivity contribution in [1.82, 2.24) is 5.32 Å². The molecule has 0 bridgehead atoms. The lowest BCUT2D eigenvalue weighted by molar-refractivity contribution is -0.121. The van der Waals surface area contributed by atoms with Crippen molar-refractivity contribution in [1.29, 1.82) is 0 Å². The van der Waals surface area contributed by atoms with E-state index < -0.39 is 0 Å². The van der Waals surface area contributed by atoms with Gasteiger partial charge in [0, 0.05) is 18.5 Å². The van der Waals surface area contributed by atoms with Crippen LogP contribution in [-0.4, -0.2) is 23.3 Å². The monoisotopic (exact) mass is 279 g/mol. The Labute approximate surface area is 117 Å². The number of nitrogens with two attached hydrogens (primary N) is 2. The number of nitrogens with one attached hydrogen (secondary N) is 1. The van der Waals surface area contributed by atoms with Crippen molar-refractivity contribution >= 4 is 29.0 Å². The molecule has 0 atom stereocenters. The minimum Gasteiger partial charge on any atom is -0.389 e. The van der Waals surface area contributed by atoms with Crippen LogP contribution in [0.25, 0.3) is 0 Å². The zero-order chi connectivity index (χ0) is 14.3. The summed E-state index contributed by atoms with van der Waals surface area (Å²) in [5.41, 5.74) is 12.1. The molecule has 2 amide bonds. The molecule has 5 nitrogen and oxygen atoms in total. The first-order valence-corrected chi connectivity index (χ1v) is 6.33. The van der Waals surface area contributed by atoms with Gasteiger partial charge in [0.1, 0.15) is 4.99 Å². The SMILES string of the molecule is NC(=O)CCCNC(=O)Cc1ccc(C(N)=S)cc1. The van der Waals surface area contributed by atoms with Crippen molar-refractivity contribution in [2.45, 2.75) is 19.3 Å². The summed E-state index contributed by atoms with van der Waals surface area (Å²) in [4.78, 5) is 22.4. The Morgan fingerprint density at radius 2 is 1.79 bits per heavy atom. The van der Waals surface area contributed by atoms with E-state index in [0.29, 0.717) is 18.0 Å². The predicted octanol–water partition coefficient (Wildman–Crippen LogP) is 0.245. The van der Waals surface area contributed by atoms with Crippen molar-refractivity contribution in [3.63, 3.8) is 0 Å². The van der Waals surface area contributed by atoms with E-state index in [0.717, 1.165) is 11.1 Å². The van der Waals surface area contributed by atoms with Crippen LogP contribution in [0, 0.1) is 0 Å². The first-order valence-electron chi connectivity index (χ1n) is 5.93. The summed E-state index contributed by atoms with van der Waals surface area (Å²) < 4.78 is 0. The van der Waals surface area contributed by atoms with Gasteiger partial charge in [-0.1, -0.05) is 36.5 Å². The Morgan fingerprint density at radius 1 is 1.16 bits per heavy atom. The molecule has 0 fully saturated rings. The average molecular weight is 279 g/mol. The Balaban J connectivity index is 2.35. The van der Waals surface area contributed by atoms with Gasteiger partial charge in [0.2, 0.25) is 11.8 Å². The predicted molar refractivity (Wildman–Crippen MR) is 77.5 cm³/mol. The molecule has 19 heavy (non-hydrogen) atoms. The van der Waals surface area contributed by atoms with Gasteiger partial charge in [0.25, 0.3) is 0 Å². The molecular weight excluding hydrogens is 262 g/mol. The minimum absolute atomic E-state index is 0.0902. The van der Waals surface area contributed by atoms with Crippen LogP contribution in [0.15, 0.2) is 24.3 Å². The van der Waals surface area contributed by atoms with E-state index in [1.54, 1.807) is 12.1 Å². The van der Waals surface area contributed by atoms with E-state index in [9.17, 15) is 9.59 Å². The summed E-state index contributed by atoms with van der Waals surface area (Å²) in [6.07, 6.45) is 1.12. The fourth-order valence-electron chi connectivity index (χ4n) is 1.53. The lowest BCUT2D eigenvalue weighted by Gasteiger charge is -2.05. The standard InChI is InChI=1S/C13H17N3O2S/c14-11(17)2-1-7-16-12(18)8-9-3-5-10(6-4-9)13(15)19/h3-6H,1-2,7-8H2,(H2,14,17)(H2,15,19)(H,16,18). The molecule has 0 saturated carbocycles. The molecule has 0 heterocycles. The molecule has 102 valence electrons. The third-order valence-corrected chi connectivity index (χ3v) is 2.76. The molecule has 1 aromatic rings. The zero-order valence-electron chi connectivity index (χ0n) is 10.5. The van der Waals surface area contributed by atoms with Crippen LogP contribution in [0.5, 0.6) is 0 Å². The third kappa shape index (κ3) is 5.96. The summed E-state index contributed by atoms with van der Waals surface area (Å²) in [7, 11) is 0. The second-order valence-electron chi connectivity index (χ2n) is 4.16. The van der Waals surface area contributed by atoms with Crippen molar-refractivity contribution in [3.8, 4) is 0 Å². The number of benzene rings is 1. The molecule has 0 aliphatic carbocycles. The summed E-state index contributed by atoms with van der Waals surface area (Å²) in [6.45, 7) is 0.451. The molecule has 0 aliphatic rings. The highest BCUT2D eigenvalue weighted by molar-refractivity contribution is 7.80. The fraction of sp³-hybridized carbons (Fsp3) is 0.308. The highest BCUT2D eigenvalue weighted by Crippen LogP contribution is 2.05. The molecule has 1 aromatic carbocycles. The minimum atomic E-state index is -0.359. The van der Waals surface area contributed by atoms with Crippen LogP contribution in [-0.2, 0) is 16.0 Å². The van der Waals surface area contributed by atoms with E-state index in [-0.39, 0.29) is 24.7 Å². The maximum absolute atomic E-state index is 11.6. The Bertz CT molecular complexity index is 471. The molecule has 6 heteroatoms. The molecule has 1 rings (SSSR count). The molecule has 0 aliphatic heterocycles. The quantitative estimate of drug-likeness (QED) is 0.492. The second-order valence-corrected chi connectivity index (χ2v) is 4.60. The number of amides is 2. The fourth-order valence-corrected chi connectivity index (χ4v) is 1.66. The van der Waals surface area contributed by atoms with Crippen molar-refractivity contribution in [2.24, 2.45) is 11.5 Å². The highest BCUT2D eigenvalue weighted by atomic mass is 32.1.